The van der Waals surface area contributed by atoms with Crippen LogP contribution in [0.4, 0.5) is 11.4 Å². The van der Waals surface area contributed by atoms with Crippen molar-refractivity contribution < 1.29 is 22.7 Å². The van der Waals surface area contributed by atoms with Crippen molar-refractivity contribution in [3.8, 4) is 0 Å². The largest absolute Gasteiger partial charge is 0.465 e. The lowest BCUT2D eigenvalue weighted by atomic mass is 10.2. The summed E-state index contributed by atoms with van der Waals surface area (Å²) in [4.78, 5) is 24.9. The van der Waals surface area contributed by atoms with E-state index in [1.807, 2.05) is 6.92 Å². The second-order valence-electron chi connectivity index (χ2n) is 7.49. The molecule has 3 rings (SSSR count). The summed E-state index contributed by atoms with van der Waals surface area (Å²) in [7, 11) is -2.90. The molecule has 0 atom stereocenters. The summed E-state index contributed by atoms with van der Waals surface area (Å²) < 4.78 is 32.8. The minimum atomic E-state index is -4.11. The first-order chi connectivity index (χ1) is 16.0. The summed E-state index contributed by atoms with van der Waals surface area (Å²) >= 11 is 12.2. The van der Waals surface area contributed by atoms with Crippen molar-refractivity contribution in [1.29, 1.82) is 0 Å². The van der Waals surface area contributed by atoms with E-state index in [2.05, 4.69) is 10.1 Å². The average Bonchev–Trinajstić information content (AvgIpc) is 2.80. The lowest BCUT2D eigenvalue weighted by molar-refractivity contribution is -0.114. The van der Waals surface area contributed by atoms with E-state index in [9.17, 15) is 18.0 Å². The molecule has 0 heterocycles. The van der Waals surface area contributed by atoms with Crippen LogP contribution in [0.15, 0.2) is 65.6 Å². The topological polar surface area (TPSA) is 92.8 Å². The van der Waals surface area contributed by atoms with Crippen LogP contribution < -0.4 is 9.62 Å². The first-order valence-corrected chi connectivity index (χ1v) is 12.3. The summed E-state index contributed by atoms with van der Waals surface area (Å²) in [6.45, 7) is 3.04. The van der Waals surface area contributed by atoms with Gasteiger partial charge < -0.3 is 10.1 Å². The van der Waals surface area contributed by atoms with E-state index in [0.29, 0.717) is 10.6 Å². The number of hydrogen-bond donors (Lipinski definition) is 1. The van der Waals surface area contributed by atoms with Gasteiger partial charge in [0.25, 0.3) is 10.0 Å². The number of nitrogens with zero attached hydrogens (tertiary/aromatic N) is 1. The van der Waals surface area contributed by atoms with Gasteiger partial charge in [-0.3, -0.25) is 9.10 Å². The van der Waals surface area contributed by atoms with Crippen molar-refractivity contribution in [3.05, 3.63) is 87.4 Å². The van der Waals surface area contributed by atoms with Crippen LogP contribution >= 0.6 is 23.2 Å². The molecule has 0 saturated carbocycles. The fourth-order valence-corrected chi connectivity index (χ4v) is 5.03. The third-order valence-corrected chi connectivity index (χ3v) is 7.33. The van der Waals surface area contributed by atoms with Gasteiger partial charge in [-0.2, -0.15) is 0 Å². The number of halogens is 2. The Bertz CT molecular complexity index is 1340. The van der Waals surface area contributed by atoms with Gasteiger partial charge in [0, 0.05) is 10.7 Å². The molecule has 3 aromatic rings. The molecule has 0 aliphatic carbocycles. The Labute approximate surface area is 208 Å². The van der Waals surface area contributed by atoms with Crippen LogP contribution in [0.3, 0.4) is 0 Å². The maximum absolute atomic E-state index is 13.5. The molecule has 1 amide bonds. The summed E-state index contributed by atoms with van der Waals surface area (Å²) in [5.74, 6) is -1.30. The fourth-order valence-electron chi connectivity index (χ4n) is 3.19. The molecule has 0 fully saturated rings. The molecule has 0 aliphatic rings. The maximum atomic E-state index is 13.5. The van der Waals surface area contributed by atoms with E-state index in [-0.39, 0.29) is 26.9 Å². The molecule has 34 heavy (non-hydrogen) atoms. The van der Waals surface area contributed by atoms with Crippen LogP contribution in [0.25, 0.3) is 0 Å². The summed E-state index contributed by atoms with van der Waals surface area (Å²) in [5, 5.41) is 3.09. The van der Waals surface area contributed by atoms with E-state index < -0.39 is 28.4 Å². The number of esters is 1. The third-order valence-electron chi connectivity index (χ3n) is 4.99. The number of carbonyl (C=O) groups excluding carboxylic acids is 2. The number of ether oxygens (including phenoxy) is 1. The van der Waals surface area contributed by atoms with Gasteiger partial charge in [-0.15, -0.1) is 0 Å². The Morgan fingerprint density at radius 2 is 1.65 bits per heavy atom. The number of carbonyl (C=O) groups is 2. The van der Waals surface area contributed by atoms with E-state index in [4.69, 9.17) is 23.2 Å². The number of aryl methyl sites for hydroxylation is 2. The van der Waals surface area contributed by atoms with Crippen molar-refractivity contribution in [2.75, 3.05) is 23.3 Å². The summed E-state index contributed by atoms with van der Waals surface area (Å²) in [6, 6.07) is 15.4. The fraction of sp³-hybridized carbons (Fsp3) is 0.167. The van der Waals surface area contributed by atoms with Crippen LogP contribution in [0.1, 0.15) is 21.5 Å². The highest BCUT2D eigenvalue weighted by molar-refractivity contribution is 7.92. The molecular weight excluding hydrogens is 499 g/mol. The van der Waals surface area contributed by atoms with Crippen molar-refractivity contribution in [3.63, 3.8) is 0 Å². The molecular formula is C24H22Cl2N2O5S. The molecule has 3 aromatic carbocycles. The first kappa shape index (κ1) is 25.6. The van der Waals surface area contributed by atoms with Gasteiger partial charge in [0.05, 0.1) is 28.3 Å². The predicted molar refractivity (Wildman–Crippen MR) is 133 cm³/mol. The maximum Gasteiger partial charge on any atom is 0.339 e. The second-order valence-corrected chi connectivity index (χ2v) is 10.2. The van der Waals surface area contributed by atoms with Crippen molar-refractivity contribution in [2.24, 2.45) is 0 Å². The average molecular weight is 521 g/mol. The Kier molecular flexibility index (Phi) is 7.86. The van der Waals surface area contributed by atoms with E-state index in [1.165, 1.54) is 43.5 Å². The minimum Gasteiger partial charge on any atom is -0.465 e. The molecule has 0 unspecified atom stereocenters. The minimum absolute atomic E-state index is 0.0322. The van der Waals surface area contributed by atoms with Gasteiger partial charge in [0.15, 0.2) is 0 Å². The summed E-state index contributed by atoms with van der Waals surface area (Å²) in [5.41, 5.74) is 2.11. The van der Waals surface area contributed by atoms with Crippen molar-refractivity contribution in [1.82, 2.24) is 0 Å². The molecule has 0 saturated heterocycles. The van der Waals surface area contributed by atoms with Gasteiger partial charge in [-0.25, -0.2) is 13.2 Å². The standard InChI is InChI=1S/C24H22Cl2N2O5S/c1-15-4-9-19(10-5-15)34(31,32)28(22-12-17(25)7-6-16(22)2)14-23(29)27-18-8-11-21(26)20(13-18)24(30)33-3/h4-13H,14H2,1-3H3,(H,27,29). The van der Waals surface area contributed by atoms with Gasteiger partial charge in [-0.05, 0) is 61.9 Å². The zero-order chi connectivity index (χ0) is 25.0. The highest BCUT2D eigenvalue weighted by atomic mass is 35.5. The Morgan fingerprint density at radius 1 is 0.971 bits per heavy atom. The zero-order valence-corrected chi connectivity index (χ0v) is 21.0. The van der Waals surface area contributed by atoms with Crippen LogP contribution in [0, 0.1) is 13.8 Å². The predicted octanol–water partition coefficient (Wildman–Crippen LogP) is 5.23. The van der Waals surface area contributed by atoms with E-state index in [0.717, 1.165) is 9.87 Å². The molecule has 0 aliphatic heterocycles. The normalized spacial score (nSPS) is 11.1. The van der Waals surface area contributed by atoms with Gasteiger partial charge in [0.1, 0.15) is 6.54 Å². The number of methoxy groups -OCH3 is 1. The number of benzene rings is 3. The van der Waals surface area contributed by atoms with Gasteiger partial charge >= 0.3 is 5.97 Å². The lowest BCUT2D eigenvalue weighted by Gasteiger charge is -2.26. The smallest absolute Gasteiger partial charge is 0.339 e. The van der Waals surface area contributed by atoms with Crippen LogP contribution in [0.2, 0.25) is 10.0 Å². The second kappa shape index (κ2) is 10.5. The van der Waals surface area contributed by atoms with Crippen LogP contribution in [-0.2, 0) is 19.6 Å². The molecule has 178 valence electrons. The summed E-state index contributed by atoms with van der Waals surface area (Å²) in [6.07, 6.45) is 0. The van der Waals surface area contributed by atoms with Gasteiger partial charge in [0.2, 0.25) is 5.91 Å². The molecule has 1 N–H and O–H groups in total. The number of nitrogens with one attached hydrogen (secondary N) is 1. The Morgan fingerprint density at radius 3 is 2.29 bits per heavy atom. The Hall–Kier alpha value is -3.07. The quantitative estimate of drug-likeness (QED) is 0.430. The number of hydrogen-bond acceptors (Lipinski definition) is 5. The number of anilines is 2. The number of rotatable bonds is 7. The van der Waals surface area contributed by atoms with Gasteiger partial charge in [-0.1, -0.05) is 47.0 Å². The van der Waals surface area contributed by atoms with Crippen molar-refractivity contribution >= 4 is 56.5 Å². The van der Waals surface area contributed by atoms with E-state index in [1.54, 1.807) is 31.2 Å². The number of amides is 1. The zero-order valence-electron chi connectivity index (χ0n) is 18.6. The molecule has 0 bridgehead atoms. The first-order valence-electron chi connectivity index (χ1n) is 10.1. The molecule has 0 radical (unpaired) electrons. The highest BCUT2D eigenvalue weighted by Crippen LogP contribution is 2.30. The van der Waals surface area contributed by atoms with E-state index >= 15 is 0 Å². The Balaban J connectivity index is 1.98. The molecule has 10 heteroatoms. The van der Waals surface area contributed by atoms with Crippen LogP contribution in [0.5, 0.6) is 0 Å². The van der Waals surface area contributed by atoms with Crippen molar-refractivity contribution in [2.45, 2.75) is 18.7 Å². The highest BCUT2D eigenvalue weighted by Gasteiger charge is 2.28. The lowest BCUT2D eigenvalue weighted by Crippen LogP contribution is -2.38. The number of sulfonamides is 1. The SMILES string of the molecule is COC(=O)c1cc(NC(=O)CN(c2cc(Cl)ccc2C)S(=O)(=O)c2ccc(C)cc2)ccc1Cl. The van der Waals surface area contributed by atoms with Crippen LogP contribution in [-0.4, -0.2) is 33.9 Å². The monoisotopic (exact) mass is 520 g/mol. The molecule has 0 spiro atoms. The third kappa shape index (κ3) is 5.70. The molecule has 7 nitrogen and oxygen atoms in total. The molecule has 0 aromatic heterocycles.